The van der Waals surface area contributed by atoms with Gasteiger partial charge in [-0.25, -0.2) is 0 Å². The minimum absolute atomic E-state index is 0.128. The minimum Gasteiger partial charge on any atom is -0.497 e. The van der Waals surface area contributed by atoms with E-state index in [0.29, 0.717) is 0 Å². The zero-order valence-corrected chi connectivity index (χ0v) is 11.1. The van der Waals surface area contributed by atoms with Gasteiger partial charge in [0.25, 0.3) is 0 Å². The molecule has 0 spiro atoms. The van der Waals surface area contributed by atoms with Gasteiger partial charge in [0.05, 0.1) is 19.8 Å². The number of aliphatic hydroxyl groups excluding tert-OH is 1. The highest BCUT2D eigenvalue weighted by Gasteiger charge is 2.12. The average Bonchev–Trinajstić information content (AvgIpc) is 2.77. The quantitative estimate of drug-likeness (QED) is 0.873. The Labute approximate surface area is 107 Å². The highest BCUT2D eigenvalue weighted by atomic mass is 16.5. The van der Waals surface area contributed by atoms with Crippen LogP contribution in [0.5, 0.6) is 5.75 Å². The number of rotatable bonds is 5. The van der Waals surface area contributed by atoms with Crippen LogP contribution in [-0.4, -0.2) is 48.4 Å². The van der Waals surface area contributed by atoms with Crippen LogP contribution in [-0.2, 0) is 6.54 Å². The number of hydrogen-bond donors (Lipinski definition) is 1. The van der Waals surface area contributed by atoms with Crippen molar-refractivity contribution in [3.05, 3.63) is 30.5 Å². The van der Waals surface area contributed by atoms with Crippen molar-refractivity contribution in [3.8, 4) is 5.75 Å². The second-order valence-corrected chi connectivity index (χ2v) is 4.69. The third kappa shape index (κ3) is 2.49. The summed E-state index contributed by atoms with van der Waals surface area (Å²) in [7, 11) is 5.64. The van der Waals surface area contributed by atoms with Gasteiger partial charge in [-0.2, -0.15) is 0 Å². The number of benzene rings is 1. The van der Waals surface area contributed by atoms with Gasteiger partial charge in [-0.1, -0.05) is 0 Å². The number of nitrogens with zero attached hydrogens (tertiary/aromatic N) is 2. The summed E-state index contributed by atoms with van der Waals surface area (Å²) in [5.41, 5.74) is 1.16. The summed E-state index contributed by atoms with van der Waals surface area (Å²) in [5, 5.41) is 10.5. The van der Waals surface area contributed by atoms with Crippen LogP contribution in [0.1, 0.15) is 0 Å². The summed E-state index contributed by atoms with van der Waals surface area (Å²) in [6, 6.07) is 8.24. The zero-order valence-electron chi connectivity index (χ0n) is 11.1. The van der Waals surface area contributed by atoms with Gasteiger partial charge in [0.2, 0.25) is 0 Å². The first-order valence-corrected chi connectivity index (χ1v) is 6.06. The van der Waals surface area contributed by atoms with E-state index in [9.17, 15) is 5.11 Å². The molecule has 2 rings (SSSR count). The van der Waals surface area contributed by atoms with E-state index in [1.165, 1.54) is 0 Å². The van der Waals surface area contributed by atoms with Crippen molar-refractivity contribution in [2.24, 2.45) is 0 Å². The first-order chi connectivity index (χ1) is 8.65. The van der Waals surface area contributed by atoms with Crippen LogP contribution in [0.15, 0.2) is 30.5 Å². The van der Waals surface area contributed by atoms with Crippen molar-refractivity contribution in [2.75, 3.05) is 27.8 Å². The second-order valence-electron chi connectivity index (χ2n) is 4.69. The standard InChI is InChI=1S/C14H20N2O2/c1-15(2)12(10-17)9-16-7-6-11-8-13(18-3)4-5-14(11)16/h4-8,12,17H,9-10H2,1-3H3/t12-/m0/s1. The lowest BCUT2D eigenvalue weighted by Crippen LogP contribution is -2.35. The highest BCUT2D eigenvalue weighted by Crippen LogP contribution is 2.22. The summed E-state index contributed by atoms with van der Waals surface area (Å²) in [6.07, 6.45) is 2.05. The van der Waals surface area contributed by atoms with Gasteiger partial charge in [0.1, 0.15) is 5.75 Å². The number of methoxy groups -OCH3 is 1. The van der Waals surface area contributed by atoms with Crippen LogP contribution in [0.4, 0.5) is 0 Å². The first kappa shape index (κ1) is 12.9. The molecule has 0 saturated heterocycles. The van der Waals surface area contributed by atoms with E-state index < -0.39 is 0 Å². The van der Waals surface area contributed by atoms with E-state index >= 15 is 0 Å². The summed E-state index contributed by atoms with van der Waals surface area (Å²) in [4.78, 5) is 2.04. The smallest absolute Gasteiger partial charge is 0.119 e. The van der Waals surface area contributed by atoms with Crippen molar-refractivity contribution in [3.63, 3.8) is 0 Å². The van der Waals surface area contributed by atoms with E-state index in [1.54, 1.807) is 7.11 Å². The average molecular weight is 248 g/mol. The molecule has 0 radical (unpaired) electrons. The lowest BCUT2D eigenvalue weighted by atomic mass is 10.2. The zero-order chi connectivity index (χ0) is 13.1. The third-order valence-electron chi connectivity index (χ3n) is 3.33. The molecule has 0 unspecified atom stereocenters. The molecule has 98 valence electrons. The van der Waals surface area contributed by atoms with Crippen LogP contribution in [0.3, 0.4) is 0 Å². The molecule has 0 aliphatic carbocycles. The molecule has 4 nitrogen and oxygen atoms in total. The Morgan fingerprint density at radius 2 is 2.11 bits per heavy atom. The molecule has 2 aromatic rings. The second kappa shape index (κ2) is 5.42. The summed E-state index contributed by atoms with van der Waals surface area (Å²) in [5.74, 6) is 0.867. The maximum Gasteiger partial charge on any atom is 0.119 e. The van der Waals surface area contributed by atoms with Gasteiger partial charge >= 0.3 is 0 Å². The normalized spacial score (nSPS) is 13.2. The number of ether oxygens (including phenoxy) is 1. The third-order valence-corrected chi connectivity index (χ3v) is 3.33. The van der Waals surface area contributed by atoms with E-state index in [1.807, 2.05) is 31.1 Å². The van der Waals surface area contributed by atoms with Gasteiger partial charge in [-0.05, 0) is 38.4 Å². The molecule has 0 aliphatic rings. The molecule has 1 N–H and O–H groups in total. The van der Waals surface area contributed by atoms with E-state index in [-0.39, 0.29) is 12.6 Å². The molecule has 1 heterocycles. The summed E-state index contributed by atoms with van der Waals surface area (Å²) >= 11 is 0. The fraction of sp³-hybridized carbons (Fsp3) is 0.429. The molecule has 0 fully saturated rings. The molecule has 1 aromatic carbocycles. The lowest BCUT2D eigenvalue weighted by molar-refractivity contribution is 0.155. The molecular formula is C14H20N2O2. The molecule has 0 bridgehead atoms. The maximum absolute atomic E-state index is 9.37. The fourth-order valence-corrected chi connectivity index (χ4v) is 2.08. The Bertz CT molecular complexity index is 519. The number of aliphatic hydroxyl groups is 1. The van der Waals surface area contributed by atoms with Crippen molar-refractivity contribution in [1.29, 1.82) is 0 Å². The molecule has 18 heavy (non-hydrogen) atoms. The Hall–Kier alpha value is -1.52. The van der Waals surface area contributed by atoms with Gasteiger partial charge in [0, 0.05) is 23.6 Å². The van der Waals surface area contributed by atoms with Gasteiger partial charge in [0.15, 0.2) is 0 Å². The minimum atomic E-state index is 0.128. The molecule has 0 amide bonds. The number of fused-ring (bicyclic) bond motifs is 1. The topological polar surface area (TPSA) is 37.6 Å². The van der Waals surface area contributed by atoms with Crippen molar-refractivity contribution in [1.82, 2.24) is 9.47 Å². The number of likely N-dealkylation sites (N-methyl/N-ethyl adjacent to an activating group) is 1. The van der Waals surface area contributed by atoms with Crippen LogP contribution in [0, 0.1) is 0 Å². The molecular weight excluding hydrogens is 228 g/mol. The maximum atomic E-state index is 9.37. The first-order valence-electron chi connectivity index (χ1n) is 6.06. The molecule has 4 heteroatoms. The molecule has 0 aliphatic heterocycles. The van der Waals surface area contributed by atoms with Gasteiger partial charge in [-0.15, -0.1) is 0 Å². The SMILES string of the molecule is COc1ccc2c(ccn2C[C@@H](CO)N(C)C)c1. The number of hydrogen-bond acceptors (Lipinski definition) is 3. The van der Waals surface area contributed by atoms with E-state index in [4.69, 9.17) is 4.74 Å². The van der Waals surface area contributed by atoms with Crippen molar-refractivity contribution >= 4 is 10.9 Å². The summed E-state index contributed by atoms with van der Waals surface area (Å²) in [6.45, 7) is 0.933. The van der Waals surface area contributed by atoms with Crippen LogP contribution >= 0.6 is 0 Å². The van der Waals surface area contributed by atoms with E-state index in [2.05, 4.69) is 22.9 Å². The monoisotopic (exact) mass is 248 g/mol. The Morgan fingerprint density at radius 3 is 2.72 bits per heavy atom. The summed E-state index contributed by atoms with van der Waals surface area (Å²) < 4.78 is 7.38. The largest absolute Gasteiger partial charge is 0.497 e. The van der Waals surface area contributed by atoms with Crippen LogP contribution in [0.25, 0.3) is 10.9 Å². The molecule has 0 saturated carbocycles. The van der Waals surface area contributed by atoms with Crippen molar-refractivity contribution < 1.29 is 9.84 Å². The predicted octanol–water partition coefficient (Wildman–Crippen LogP) is 1.57. The Kier molecular flexibility index (Phi) is 3.89. The fourth-order valence-electron chi connectivity index (χ4n) is 2.08. The van der Waals surface area contributed by atoms with Gasteiger partial charge in [-0.3, -0.25) is 0 Å². The Balaban J connectivity index is 2.29. The highest BCUT2D eigenvalue weighted by molar-refractivity contribution is 5.81. The van der Waals surface area contributed by atoms with Crippen molar-refractivity contribution in [2.45, 2.75) is 12.6 Å². The van der Waals surface area contributed by atoms with E-state index in [0.717, 1.165) is 23.2 Å². The lowest BCUT2D eigenvalue weighted by Gasteiger charge is -2.23. The Morgan fingerprint density at radius 1 is 1.33 bits per heavy atom. The van der Waals surface area contributed by atoms with Crippen LogP contribution < -0.4 is 4.74 Å². The van der Waals surface area contributed by atoms with Gasteiger partial charge < -0.3 is 19.3 Å². The predicted molar refractivity (Wildman–Crippen MR) is 73.1 cm³/mol. The number of aromatic nitrogens is 1. The molecule has 1 atom stereocenters. The van der Waals surface area contributed by atoms with Crippen LogP contribution in [0.2, 0.25) is 0 Å². The molecule has 1 aromatic heterocycles.